The molecule has 0 saturated heterocycles. The Balaban J connectivity index is 2.28. The first-order valence-electron chi connectivity index (χ1n) is 2.51. The van der Waals surface area contributed by atoms with E-state index in [9.17, 15) is 4.79 Å². The van der Waals surface area contributed by atoms with E-state index >= 15 is 0 Å². The van der Waals surface area contributed by atoms with Gasteiger partial charge >= 0.3 is 5.97 Å². The molecule has 0 spiro atoms. The van der Waals surface area contributed by atoms with Gasteiger partial charge in [-0.3, -0.25) is 9.80 Å². The van der Waals surface area contributed by atoms with Gasteiger partial charge in [0.25, 0.3) is 0 Å². The van der Waals surface area contributed by atoms with E-state index in [2.05, 4.69) is 10.4 Å². The Morgan fingerprint density at radius 1 is 2.00 bits per heavy atom. The van der Waals surface area contributed by atoms with Crippen LogP contribution in [0.4, 0.5) is 0 Å². The molecule has 0 unspecified atom stereocenters. The summed E-state index contributed by atoms with van der Waals surface area (Å²) in [5.41, 5.74) is 0. The Morgan fingerprint density at radius 3 is 3.22 bits per heavy atom. The van der Waals surface area contributed by atoms with Crippen LogP contribution in [0.3, 0.4) is 0 Å². The first-order chi connectivity index (χ1) is 4.29. The summed E-state index contributed by atoms with van der Waals surface area (Å²) in [7, 11) is 0. The molecule has 0 fully saturated rings. The van der Waals surface area contributed by atoms with E-state index < -0.39 is 5.97 Å². The molecule has 5 nitrogen and oxygen atoms in total. The molecule has 0 amide bonds. The van der Waals surface area contributed by atoms with Gasteiger partial charge in [0.15, 0.2) is 0 Å². The SMILES string of the molecule is O=C(O)CN1CNC=N1. The predicted octanol–water partition coefficient (Wildman–Crippen LogP) is -1.12. The first-order valence-corrected chi connectivity index (χ1v) is 2.51. The van der Waals surface area contributed by atoms with Gasteiger partial charge in [-0.05, 0) is 0 Å². The predicted molar refractivity (Wildman–Crippen MR) is 30.8 cm³/mol. The summed E-state index contributed by atoms with van der Waals surface area (Å²) >= 11 is 0. The second-order valence-electron chi connectivity index (χ2n) is 1.67. The van der Waals surface area contributed by atoms with Gasteiger partial charge in [0, 0.05) is 0 Å². The van der Waals surface area contributed by atoms with Crippen LogP contribution in [0, 0.1) is 0 Å². The van der Waals surface area contributed by atoms with Gasteiger partial charge in [0.2, 0.25) is 0 Å². The van der Waals surface area contributed by atoms with Crippen LogP contribution in [-0.4, -0.2) is 35.6 Å². The molecule has 0 saturated carbocycles. The smallest absolute Gasteiger partial charge is 0.324 e. The summed E-state index contributed by atoms with van der Waals surface area (Å²) in [5.74, 6) is -0.865. The highest BCUT2D eigenvalue weighted by Gasteiger charge is 2.07. The van der Waals surface area contributed by atoms with Crippen molar-refractivity contribution in [2.45, 2.75) is 0 Å². The molecule has 0 aromatic carbocycles. The van der Waals surface area contributed by atoms with E-state index in [0.29, 0.717) is 6.67 Å². The molecule has 5 heteroatoms. The molecule has 50 valence electrons. The molecule has 9 heavy (non-hydrogen) atoms. The second-order valence-corrected chi connectivity index (χ2v) is 1.67. The normalized spacial score (nSPS) is 15.8. The Hall–Kier alpha value is -1.26. The molecule has 0 radical (unpaired) electrons. The van der Waals surface area contributed by atoms with Gasteiger partial charge < -0.3 is 10.4 Å². The van der Waals surface area contributed by atoms with Crippen LogP contribution in [-0.2, 0) is 4.79 Å². The van der Waals surface area contributed by atoms with Crippen molar-refractivity contribution in [1.29, 1.82) is 0 Å². The van der Waals surface area contributed by atoms with Crippen LogP contribution in [0.2, 0.25) is 0 Å². The molecule has 2 N–H and O–H groups in total. The highest BCUT2D eigenvalue weighted by molar-refractivity contribution is 5.69. The molecule has 0 aromatic heterocycles. The van der Waals surface area contributed by atoms with E-state index in [1.54, 1.807) is 0 Å². The number of hydrazone groups is 1. The Labute approximate surface area is 52.0 Å². The minimum Gasteiger partial charge on any atom is -0.480 e. The third-order valence-corrected chi connectivity index (χ3v) is 0.904. The number of rotatable bonds is 2. The van der Waals surface area contributed by atoms with Gasteiger partial charge in [-0.15, -0.1) is 0 Å². The van der Waals surface area contributed by atoms with Crippen LogP contribution in [0.5, 0.6) is 0 Å². The molecule has 0 aliphatic carbocycles. The van der Waals surface area contributed by atoms with E-state index in [-0.39, 0.29) is 6.54 Å². The van der Waals surface area contributed by atoms with Crippen molar-refractivity contribution >= 4 is 12.3 Å². The molecule has 1 heterocycles. The topological polar surface area (TPSA) is 64.9 Å². The maximum atomic E-state index is 10.0. The lowest BCUT2D eigenvalue weighted by Gasteiger charge is -2.07. The molecule has 1 rings (SSSR count). The zero-order valence-corrected chi connectivity index (χ0v) is 4.74. The quantitative estimate of drug-likeness (QED) is 0.495. The van der Waals surface area contributed by atoms with Crippen LogP contribution in [0.25, 0.3) is 0 Å². The lowest BCUT2D eigenvalue weighted by molar-refractivity contribution is -0.138. The highest BCUT2D eigenvalue weighted by Crippen LogP contribution is 1.88. The van der Waals surface area contributed by atoms with E-state index in [1.165, 1.54) is 11.3 Å². The minimum absolute atomic E-state index is 0.0382. The second kappa shape index (κ2) is 2.34. The van der Waals surface area contributed by atoms with E-state index in [0.717, 1.165) is 0 Å². The molecule has 0 atom stereocenters. The monoisotopic (exact) mass is 129 g/mol. The minimum atomic E-state index is -0.865. The van der Waals surface area contributed by atoms with E-state index in [1.807, 2.05) is 0 Å². The van der Waals surface area contributed by atoms with Crippen molar-refractivity contribution in [2.24, 2.45) is 5.10 Å². The number of hydrogen-bond acceptors (Lipinski definition) is 4. The van der Waals surface area contributed by atoms with Crippen molar-refractivity contribution in [3.05, 3.63) is 0 Å². The molecular formula is C4H7N3O2. The van der Waals surface area contributed by atoms with E-state index in [4.69, 9.17) is 5.11 Å². The zero-order chi connectivity index (χ0) is 6.69. The number of nitrogens with zero attached hydrogens (tertiary/aromatic N) is 2. The Kier molecular flexibility index (Phi) is 1.53. The van der Waals surface area contributed by atoms with Gasteiger partial charge in [-0.1, -0.05) is 0 Å². The summed E-state index contributed by atoms with van der Waals surface area (Å²) in [6, 6.07) is 0. The van der Waals surface area contributed by atoms with Gasteiger partial charge in [-0.2, -0.15) is 5.10 Å². The summed E-state index contributed by atoms with van der Waals surface area (Å²) < 4.78 is 0. The summed E-state index contributed by atoms with van der Waals surface area (Å²) in [6.45, 7) is 0.454. The van der Waals surface area contributed by atoms with Crippen LogP contribution >= 0.6 is 0 Å². The number of carboxylic acids is 1. The number of aliphatic carboxylic acids is 1. The maximum Gasteiger partial charge on any atom is 0.324 e. The number of nitrogens with one attached hydrogen (secondary N) is 1. The summed E-state index contributed by atoms with van der Waals surface area (Å²) in [5, 5.41) is 16.1. The largest absolute Gasteiger partial charge is 0.480 e. The third kappa shape index (κ3) is 1.60. The van der Waals surface area contributed by atoms with Crippen LogP contribution in [0.15, 0.2) is 5.10 Å². The van der Waals surface area contributed by atoms with Crippen molar-refractivity contribution in [1.82, 2.24) is 10.3 Å². The molecule has 0 aromatic rings. The Bertz CT molecular complexity index is 145. The lowest BCUT2D eigenvalue weighted by atomic mass is 10.6. The highest BCUT2D eigenvalue weighted by atomic mass is 16.4. The van der Waals surface area contributed by atoms with Gasteiger partial charge in [0.1, 0.15) is 19.6 Å². The van der Waals surface area contributed by atoms with Crippen LogP contribution in [0.1, 0.15) is 0 Å². The summed E-state index contributed by atoms with van der Waals surface area (Å²) in [6.07, 6.45) is 1.48. The fourth-order valence-corrected chi connectivity index (χ4v) is 0.562. The fraction of sp³-hybridized carbons (Fsp3) is 0.500. The summed E-state index contributed by atoms with van der Waals surface area (Å²) in [4.78, 5) is 10.0. The average molecular weight is 129 g/mol. The third-order valence-electron chi connectivity index (χ3n) is 0.904. The number of carbonyl (C=O) groups is 1. The molecule has 0 bridgehead atoms. The lowest BCUT2D eigenvalue weighted by Crippen LogP contribution is -2.26. The van der Waals surface area contributed by atoms with Crippen LogP contribution < -0.4 is 5.32 Å². The van der Waals surface area contributed by atoms with Crippen molar-refractivity contribution < 1.29 is 9.90 Å². The first kappa shape index (κ1) is 5.87. The van der Waals surface area contributed by atoms with Gasteiger partial charge in [0.05, 0.1) is 0 Å². The Morgan fingerprint density at radius 2 is 2.78 bits per heavy atom. The number of hydrogen-bond donors (Lipinski definition) is 2. The van der Waals surface area contributed by atoms with Crippen molar-refractivity contribution in [2.75, 3.05) is 13.2 Å². The molecule has 1 aliphatic rings. The molecular weight excluding hydrogens is 122 g/mol. The van der Waals surface area contributed by atoms with Gasteiger partial charge in [-0.25, -0.2) is 0 Å². The standard InChI is InChI=1S/C4H7N3O2/c8-4(9)1-7-3-5-2-6-7/h2H,1,3H2,(H,5,6)(H,8,9). The van der Waals surface area contributed by atoms with Crippen molar-refractivity contribution in [3.63, 3.8) is 0 Å². The maximum absolute atomic E-state index is 10.0. The zero-order valence-electron chi connectivity index (χ0n) is 4.74. The van der Waals surface area contributed by atoms with Crippen molar-refractivity contribution in [3.8, 4) is 0 Å². The number of carboxylic acid groups (broad SMARTS) is 1. The average Bonchev–Trinajstić information content (AvgIpc) is 2.15. The molecule has 1 aliphatic heterocycles. The fourth-order valence-electron chi connectivity index (χ4n) is 0.562.